The van der Waals surface area contributed by atoms with Gasteiger partial charge in [0.2, 0.25) is 0 Å². The molecule has 0 radical (unpaired) electrons. The predicted octanol–water partition coefficient (Wildman–Crippen LogP) is 11.9. The van der Waals surface area contributed by atoms with E-state index in [1.165, 1.54) is 186 Å². The molecule has 0 bridgehead atoms. The van der Waals surface area contributed by atoms with Gasteiger partial charge in [-0.25, -0.2) is 0 Å². The number of unbranched alkanes of at least 4 members (excludes halogenated alkanes) is 22. The van der Waals surface area contributed by atoms with Crippen molar-refractivity contribution in [2.24, 2.45) is 0 Å². The van der Waals surface area contributed by atoms with Crippen LogP contribution in [0.2, 0.25) is 0 Å². The fourth-order valence-corrected chi connectivity index (χ4v) is 5.62. The lowest BCUT2D eigenvalue weighted by Crippen LogP contribution is -2.28. The molecule has 37 heavy (non-hydrogen) atoms. The molecule has 0 aliphatic heterocycles. The Kier molecular flexibility index (Phi) is 26.1. The minimum Gasteiger partial charge on any atom is -0.303 e. The second-order valence-electron chi connectivity index (χ2n) is 11.9. The van der Waals surface area contributed by atoms with Crippen molar-refractivity contribution in [1.29, 1.82) is 0 Å². The van der Waals surface area contributed by atoms with Crippen LogP contribution in [0, 0.1) is 0 Å². The van der Waals surface area contributed by atoms with E-state index in [2.05, 4.69) is 49.1 Å². The molecule has 0 heterocycles. The average molecular weight is 514 g/mol. The summed E-state index contributed by atoms with van der Waals surface area (Å²) in [7, 11) is 0. The van der Waals surface area contributed by atoms with Crippen molar-refractivity contribution >= 4 is 0 Å². The molecule has 0 spiro atoms. The summed E-state index contributed by atoms with van der Waals surface area (Å²) in [4.78, 5) is 2.78. The lowest BCUT2D eigenvalue weighted by molar-refractivity contribution is 0.263. The monoisotopic (exact) mass is 514 g/mol. The van der Waals surface area contributed by atoms with Crippen molar-refractivity contribution in [2.75, 3.05) is 19.6 Å². The maximum atomic E-state index is 2.78. The Hall–Kier alpha value is -0.820. The number of nitrogens with zero attached hydrogens (tertiary/aromatic N) is 1. The first-order valence-corrected chi connectivity index (χ1v) is 17.1. The molecular formula is C36H67N. The minimum absolute atomic E-state index is 1.21. The van der Waals surface area contributed by atoms with Crippen molar-refractivity contribution in [1.82, 2.24) is 4.90 Å². The highest BCUT2D eigenvalue weighted by atomic mass is 15.1. The van der Waals surface area contributed by atoms with Crippen LogP contribution in [0.5, 0.6) is 0 Å². The van der Waals surface area contributed by atoms with Gasteiger partial charge in [0.15, 0.2) is 0 Å². The van der Waals surface area contributed by atoms with Crippen LogP contribution in [0.4, 0.5) is 0 Å². The molecule has 216 valence electrons. The van der Waals surface area contributed by atoms with Gasteiger partial charge >= 0.3 is 0 Å². The van der Waals surface area contributed by atoms with Crippen LogP contribution < -0.4 is 0 Å². The van der Waals surface area contributed by atoms with Gasteiger partial charge in [0.1, 0.15) is 0 Å². The highest BCUT2D eigenvalue weighted by Crippen LogP contribution is 2.14. The molecular weight excluding hydrogens is 446 g/mol. The molecule has 0 fully saturated rings. The fourth-order valence-electron chi connectivity index (χ4n) is 5.62. The van der Waals surface area contributed by atoms with E-state index in [4.69, 9.17) is 0 Å². The van der Waals surface area contributed by atoms with E-state index in [0.717, 1.165) is 0 Å². The van der Waals surface area contributed by atoms with Crippen molar-refractivity contribution in [3.05, 3.63) is 35.9 Å². The minimum atomic E-state index is 1.21. The van der Waals surface area contributed by atoms with Gasteiger partial charge in [-0.1, -0.05) is 185 Å². The topological polar surface area (TPSA) is 3.24 Å². The van der Waals surface area contributed by atoms with E-state index < -0.39 is 0 Å². The average Bonchev–Trinajstić information content (AvgIpc) is 2.93. The summed E-state index contributed by atoms with van der Waals surface area (Å²) in [6, 6.07) is 11.1. The van der Waals surface area contributed by atoms with Gasteiger partial charge in [-0.3, -0.25) is 0 Å². The van der Waals surface area contributed by atoms with Crippen molar-refractivity contribution < 1.29 is 0 Å². The third-order valence-corrected chi connectivity index (χ3v) is 8.22. The molecule has 0 aliphatic carbocycles. The first kappa shape index (κ1) is 34.2. The van der Waals surface area contributed by atoms with E-state index in [1.54, 1.807) is 0 Å². The Labute approximate surface area is 234 Å². The maximum Gasteiger partial charge on any atom is 0.00218 e. The largest absolute Gasteiger partial charge is 0.303 e. The van der Waals surface area contributed by atoms with E-state index >= 15 is 0 Å². The molecule has 0 saturated heterocycles. The molecule has 0 atom stereocenters. The van der Waals surface area contributed by atoms with Gasteiger partial charge in [0.05, 0.1) is 0 Å². The molecule has 0 saturated carbocycles. The molecule has 1 aromatic rings. The zero-order valence-electron chi connectivity index (χ0n) is 25.6. The van der Waals surface area contributed by atoms with Gasteiger partial charge in [0.25, 0.3) is 0 Å². The van der Waals surface area contributed by atoms with E-state index in [1.807, 2.05) is 0 Å². The van der Waals surface area contributed by atoms with Crippen molar-refractivity contribution in [3.8, 4) is 0 Å². The molecule has 1 aromatic carbocycles. The smallest absolute Gasteiger partial charge is 0.00218 e. The quantitative estimate of drug-likeness (QED) is 0.0962. The molecule has 1 heteroatoms. The maximum absolute atomic E-state index is 2.78. The summed E-state index contributed by atoms with van der Waals surface area (Å²) in [6.45, 7) is 8.47. The molecule has 1 rings (SSSR count). The van der Waals surface area contributed by atoms with E-state index in [-0.39, 0.29) is 0 Å². The summed E-state index contributed by atoms with van der Waals surface area (Å²) in [5.74, 6) is 0. The molecule has 1 nitrogen and oxygen atoms in total. The van der Waals surface area contributed by atoms with Crippen LogP contribution >= 0.6 is 0 Å². The van der Waals surface area contributed by atoms with E-state index in [9.17, 15) is 0 Å². The molecule has 0 aromatic heterocycles. The van der Waals surface area contributed by atoms with Gasteiger partial charge in [-0.2, -0.15) is 0 Å². The Balaban J connectivity index is 2.07. The van der Waals surface area contributed by atoms with Gasteiger partial charge in [-0.05, 0) is 37.9 Å². The summed E-state index contributed by atoms with van der Waals surface area (Å²) < 4.78 is 0. The number of hydrogen-bond donors (Lipinski definition) is 0. The zero-order valence-corrected chi connectivity index (χ0v) is 25.6. The fraction of sp³-hybridized carbons (Fsp3) is 0.833. The highest BCUT2D eigenvalue weighted by molar-refractivity contribution is 5.14. The lowest BCUT2D eigenvalue weighted by atomic mass is 10.0. The highest BCUT2D eigenvalue weighted by Gasteiger charge is 2.06. The lowest BCUT2D eigenvalue weighted by Gasteiger charge is -2.22. The van der Waals surface area contributed by atoms with Crippen LogP contribution in [0.1, 0.15) is 174 Å². The van der Waals surface area contributed by atoms with E-state index in [0.29, 0.717) is 0 Å². The van der Waals surface area contributed by atoms with Crippen molar-refractivity contribution in [2.45, 2.75) is 174 Å². The van der Waals surface area contributed by atoms with Crippen LogP contribution in [-0.4, -0.2) is 24.5 Å². The first-order valence-electron chi connectivity index (χ1n) is 17.1. The Morgan fingerprint density at radius 1 is 0.378 bits per heavy atom. The van der Waals surface area contributed by atoms with Crippen LogP contribution in [0.15, 0.2) is 30.3 Å². The number of benzene rings is 1. The summed E-state index contributed by atoms with van der Waals surface area (Å²) in [5.41, 5.74) is 1.50. The van der Waals surface area contributed by atoms with Gasteiger partial charge < -0.3 is 4.90 Å². The molecule has 0 unspecified atom stereocenters. The van der Waals surface area contributed by atoms with Gasteiger partial charge in [-0.15, -0.1) is 0 Å². The third kappa shape index (κ3) is 24.0. The third-order valence-electron chi connectivity index (χ3n) is 8.22. The van der Waals surface area contributed by atoms with Gasteiger partial charge in [0, 0.05) is 6.54 Å². The second-order valence-corrected chi connectivity index (χ2v) is 11.9. The first-order chi connectivity index (χ1) is 18.4. The molecule has 0 N–H and O–H groups in total. The predicted molar refractivity (Wildman–Crippen MR) is 169 cm³/mol. The Bertz CT molecular complexity index is 511. The standard InChI is InChI=1S/C36H67N/c1-3-5-7-9-11-13-15-17-19-21-23-28-33-37(35-32-36-30-26-25-27-31-36)34-29-24-22-20-18-16-14-12-10-8-6-4-2/h25-27,30-31H,3-24,28-29,32-35H2,1-2H3. The molecule has 0 amide bonds. The Morgan fingerprint density at radius 2 is 0.703 bits per heavy atom. The summed E-state index contributed by atoms with van der Waals surface area (Å²) in [6.07, 6.45) is 35.8. The van der Waals surface area contributed by atoms with Crippen LogP contribution in [0.3, 0.4) is 0 Å². The zero-order chi connectivity index (χ0) is 26.5. The Morgan fingerprint density at radius 3 is 1.05 bits per heavy atom. The number of rotatable bonds is 29. The SMILES string of the molecule is CCCCCCCCCCCCCCN(CCCCCCCCCCCCCC)CCc1ccccc1. The number of hydrogen-bond acceptors (Lipinski definition) is 1. The second kappa shape index (κ2) is 28.2. The molecule has 0 aliphatic rings. The van der Waals surface area contributed by atoms with Crippen molar-refractivity contribution in [3.63, 3.8) is 0 Å². The van der Waals surface area contributed by atoms with Crippen LogP contribution in [0.25, 0.3) is 0 Å². The van der Waals surface area contributed by atoms with Crippen LogP contribution in [-0.2, 0) is 6.42 Å². The summed E-state index contributed by atoms with van der Waals surface area (Å²) in [5, 5.41) is 0. The normalized spacial score (nSPS) is 11.5. The summed E-state index contributed by atoms with van der Waals surface area (Å²) >= 11 is 0.